The number of anilines is 1. The minimum atomic E-state index is -1.46. The highest BCUT2D eigenvalue weighted by molar-refractivity contribution is 6.06. The number of nitrogens with one attached hydrogen (secondary N) is 1. The number of aryl methyl sites for hydroxylation is 2. The second-order valence-electron chi connectivity index (χ2n) is 12.2. The number of amides is 3. The molecule has 2 fully saturated rings. The SMILES string of the molecule is Cc1cccc(C)c1N1CC=C[C@]23O[C@@H]4/C=C\CCC(=O)NC[C@@H](C)OC(=O)[C@@H]4[C@H]2C(=O)N([C@@H](CO)C(C)C)[C@@H]3C1=O. The topological polar surface area (TPSA) is 125 Å². The number of likely N-dealkylation sites (tertiary alicyclic amines) is 1. The minimum Gasteiger partial charge on any atom is -0.460 e. The van der Waals surface area contributed by atoms with Crippen LogP contribution >= 0.6 is 0 Å². The molecule has 0 aromatic heterocycles. The van der Waals surface area contributed by atoms with Crippen LogP contribution < -0.4 is 10.2 Å². The first kappa shape index (κ1) is 30.0. The number of rotatable bonds is 4. The number of nitrogens with zero attached hydrogens (tertiary/aromatic N) is 2. The number of benzene rings is 1. The lowest BCUT2D eigenvalue weighted by atomic mass is 9.78. The highest BCUT2D eigenvalue weighted by Gasteiger charge is 2.72. The molecule has 1 aromatic rings. The zero-order valence-electron chi connectivity index (χ0n) is 24.9. The van der Waals surface area contributed by atoms with Gasteiger partial charge in [0, 0.05) is 18.7 Å². The molecule has 7 atom stereocenters. The van der Waals surface area contributed by atoms with E-state index in [4.69, 9.17) is 9.47 Å². The molecule has 0 unspecified atom stereocenters. The number of aliphatic hydroxyl groups is 1. The van der Waals surface area contributed by atoms with Crippen molar-refractivity contribution in [1.82, 2.24) is 10.2 Å². The molecule has 0 aliphatic carbocycles. The maximum Gasteiger partial charge on any atom is 0.313 e. The number of cyclic esters (lactones) is 1. The van der Waals surface area contributed by atoms with Gasteiger partial charge < -0.3 is 29.7 Å². The standard InChI is InChI=1S/C32H41N3O7/c1-18(2)22(17-36)35-28-30(39)34(27-19(3)10-8-11-20(27)4)15-9-14-32(28)26(29(35)38)25-23(42-32)12-6-7-13-24(37)33-16-21(5)41-31(25)40/h6,8-12,14,18,21-23,25-26,28,36H,7,13,15-17H2,1-5H3,(H,33,37)/b12-6-/t21-,22+,23-,25+,26+,28-,32+/m1/s1. The number of carbonyl (C=O) groups excluding carboxylic acids is 4. The predicted octanol–water partition coefficient (Wildman–Crippen LogP) is 2.20. The molecule has 0 radical (unpaired) electrons. The molecule has 1 aromatic carbocycles. The summed E-state index contributed by atoms with van der Waals surface area (Å²) in [7, 11) is 0. The molecule has 4 aliphatic heterocycles. The average Bonchev–Trinajstić information content (AvgIpc) is 3.31. The molecule has 5 rings (SSSR count). The zero-order valence-corrected chi connectivity index (χ0v) is 24.9. The fourth-order valence-corrected chi connectivity index (χ4v) is 7.01. The van der Waals surface area contributed by atoms with Crippen LogP contribution in [0.25, 0.3) is 0 Å². The van der Waals surface area contributed by atoms with Crippen LogP contribution in [0.1, 0.15) is 44.7 Å². The van der Waals surface area contributed by atoms with Crippen molar-refractivity contribution in [2.24, 2.45) is 17.8 Å². The second-order valence-corrected chi connectivity index (χ2v) is 12.2. The number of hydrogen-bond acceptors (Lipinski definition) is 7. The molecule has 0 saturated carbocycles. The molecule has 10 nitrogen and oxygen atoms in total. The zero-order chi connectivity index (χ0) is 30.3. The van der Waals surface area contributed by atoms with E-state index in [1.165, 1.54) is 4.90 Å². The fraction of sp³-hybridized carbons (Fsp3) is 0.562. The van der Waals surface area contributed by atoms with Crippen molar-refractivity contribution < 1.29 is 33.8 Å². The lowest BCUT2D eigenvalue weighted by Gasteiger charge is -2.40. The molecule has 2 saturated heterocycles. The first-order chi connectivity index (χ1) is 20.0. The van der Waals surface area contributed by atoms with Gasteiger partial charge in [-0.15, -0.1) is 0 Å². The largest absolute Gasteiger partial charge is 0.460 e. The van der Waals surface area contributed by atoms with Gasteiger partial charge in [0.1, 0.15) is 23.7 Å². The van der Waals surface area contributed by atoms with Crippen molar-refractivity contribution in [3.8, 4) is 0 Å². The Labute approximate surface area is 246 Å². The van der Waals surface area contributed by atoms with E-state index in [9.17, 15) is 24.3 Å². The summed E-state index contributed by atoms with van der Waals surface area (Å²) in [5.74, 6) is -3.75. The van der Waals surface area contributed by atoms with Crippen molar-refractivity contribution >= 4 is 29.4 Å². The Bertz CT molecular complexity index is 1300. The van der Waals surface area contributed by atoms with Crippen molar-refractivity contribution in [3.05, 3.63) is 53.6 Å². The number of esters is 1. The summed E-state index contributed by atoms with van der Waals surface area (Å²) in [5.41, 5.74) is 1.14. The summed E-state index contributed by atoms with van der Waals surface area (Å²) >= 11 is 0. The van der Waals surface area contributed by atoms with Crippen molar-refractivity contribution in [2.45, 2.75) is 77.4 Å². The summed E-state index contributed by atoms with van der Waals surface area (Å²) in [4.78, 5) is 58.4. The number of allylic oxidation sites excluding steroid dienone is 1. The van der Waals surface area contributed by atoms with Gasteiger partial charge >= 0.3 is 5.97 Å². The van der Waals surface area contributed by atoms with E-state index >= 15 is 0 Å². The molecule has 10 heteroatoms. The Kier molecular flexibility index (Phi) is 8.31. The second kappa shape index (κ2) is 11.6. The highest BCUT2D eigenvalue weighted by Crippen LogP contribution is 2.54. The first-order valence-electron chi connectivity index (χ1n) is 14.8. The third-order valence-electron chi connectivity index (χ3n) is 9.00. The molecule has 42 heavy (non-hydrogen) atoms. The maximum absolute atomic E-state index is 14.7. The molecule has 4 aliphatic rings. The van der Waals surface area contributed by atoms with E-state index in [0.29, 0.717) is 6.42 Å². The number of fused-ring (bicyclic) bond motifs is 2. The van der Waals surface area contributed by atoms with E-state index in [2.05, 4.69) is 5.32 Å². The number of aliphatic hydroxyl groups excluding tert-OH is 1. The van der Waals surface area contributed by atoms with E-state index < -0.39 is 53.6 Å². The van der Waals surface area contributed by atoms with Crippen LogP contribution in [0.4, 0.5) is 5.69 Å². The summed E-state index contributed by atoms with van der Waals surface area (Å²) in [6.07, 6.45) is 6.32. The fourth-order valence-electron chi connectivity index (χ4n) is 7.01. The normalized spacial score (nSPS) is 33.2. The minimum absolute atomic E-state index is 0.147. The van der Waals surface area contributed by atoms with Crippen LogP contribution in [-0.4, -0.2) is 83.3 Å². The van der Waals surface area contributed by atoms with Crippen molar-refractivity contribution in [2.75, 3.05) is 24.6 Å². The van der Waals surface area contributed by atoms with Gasteiger partial charge in [0.2, 0.25) is 11.8 Å². The number of ether oxygens (including phenoxy) is 2. The van der Waals surface area contributed by atoms with Crippen molar-refractivity contribution in [1.29, 1.82) is 0 Å². The van der Waals surface area contributed by atoms with E-state index in [-0.39, 0.29) is 43.8 Å². The number of para-hydroxylation sites is 1. The summed E-state index contributed by atoms with van der Waals surface area (Å²) < 4.78 is 12.5. The lowest BCUT2D eigenvalue weighted by Crippen LogP contribution is -2.59. The van der Waals surface area contributed by atoms with E-state index in [0.717, 1.165) is 16.8 Å². The van der Waals surface area contributed by atoms with Gasteiger partial charge in [-0.1, -0.05) is 56.4 Å². The molecule has 2 N–H and O–H groups in total. The smallest absolute Gasteiger partial charge is 0.313 e. The quantitative estimate of drug-likeness (QED) is 0.414. The van der Waals surface area contributed by atoms with Crippen LogP contribution in [0.2, 0.25) is 0 Å². The Morgan fingerprint density at radius 3 is 2.48 bits per heavy atom. The Morgan fingerprint density at radius 1 is 1.10 bits per heavy atom. The van der Waals surface area contributed by atoms with E-state index in [1.807, 2.05) is 52.0 Å². The molecule has 1 spiro atoms. The van der Waals surface area contributed by atoms with Crippen LogP contribution in [0.15, 0.2) is 42.5 Å². The van der Waals surface area contributed by atoms with E-state index in [1.54, 1.807) is 30.1 Å². The predicted molar refractivity (Wildman–Crippen MR) is 155 cm³/mol. The summed E-state index contributed by atoms with van der Waals surface area (Å²) in [6, 6.07) is 4.03. The maximum atomic E-state index is 14.7. The van der Waals surface area contributed by atoms with Gasteiger partial charge in [0.15, 0.2) is 0 Å². The Balaban J connectivity index is 1.65. The molecule has 3 amide bonds. The monoisotopic (exact) mass is 579 g/mol. The van der Waals surface area contributed by atoms with Gasteiger partial charge in [-0.2, -0.15) is 0 Å². The average molecular weight is 580 g/mol. The molecule has 0 bridgehead atoms. The van der Waals surface area contributed by atoms with Gasteiger partial charge in [-0.05, 0) is 44.2 Å². The Hall–Kier alpha value is -3.50. The van der Waals surface area contributed by atoms with Crippen LogP contribution in [0.5, 0.6) is 0 Å². The number of hydrogen-bond donors (Lipinski definition) is 2. The van der Waals surface area contributed by atoms with Crippen molar-refractivity contribution in [3.63, 3.8) is 0 Å². The third-order valence-corrected chi connectivity index (χ3v) is 9.00. The van der Waals surface area contributed by atoms with Crippen LogP contribution in [0.3, 0.4) is 0 Å². The highest BCUT2D eigenvalue weighted by atomic mass is 16.6. The third kappa shape index (κ3) is 4.94. The van der Waals surface area contributed by atoms with Gasteiger partial charge in [-0.3, -0.25) is 19.2 Å². The summed E-state index contributed by atoms with van der Waals surface area (Å²) in [6.45, 7) is 9.40. The van der Waals surface area contributed by atoms with Gasteiger partial charge in [0.05, 0.1) is 31.2 Å². The van der Waals surface area contributed by atoms with Gasteiger partial charge in [-0.25, -0.2) is 0 Å². The van der Waals surface area contributed by atoms with Gasteiger partial charge in [0.25, 0.3) is 5.91 Å². The molecule has 226 valence electrons. The van der Waals surface area contributed by atoms with Crippen LogP contribution in [0, 0.1) is 31.6 Å². The number of carbonyl (C=O) groups is 4. The Morgan fingerprint density at radius 2 is 1.81 bits per heavy atom. The lowest BCUT2D eigenvalue weighted by molar-refractivity contribution is -0.159. The molecular weight excluding hydrogens is 538 g/mol. The van der Waals surface area contributed by atoms with Crippen LogP contribution in [-0.2, 0) is 28.7 Å². The first-order valence-corrected chi connectivity index (χ1v) is 14.8. The molecular formula is C32H41N3O7. The summed E-state index contributed by atoms with van der Waals surface area (Å²) in [5, 5.41) is 13.3. The molecule has 4 heterocycles.